The van der Waals surface area contributed by atoms with Crippen molar-refractivity contribution in [2.24, 2.45) is 10.2 Å². The number of benzene rings is 2. The minimum atomic E-state index is -3.75. The highest BCUT2D eigenvalue weighted by Gasteiger charge is 2.28. The van der Waals surface area contributed by atoms with Gasteiger partial charge in [-0.3, -0.25) is 0 Å². The first-order valence-electron chi connectivity index (χ1n) is 10.7. The maximum Gasteiger partial charge on any atom is 0.243 e. The lowest BCUT2D eigenvalue weighted by molar-refractivity contribution is 0.0730. The average Bonchev–Trinajstić information content (AvgIpc) is 3.11. The van der Waals surface area contributed by atoms with Gasteiger partial charge in [-0.25, -0.2) is 8.42 Å². The molecule has 12 heteroatoms. The monoisotopic (exact) mass is 533 g/mol. The molecule has 184 valence electrons. The summed E-state index contributed by atoms with van der Waals surface area (Å²) in [5.74, 6) is -0.175. The fraction of sp³-hybridized carbons (Fsp3) is 0.261. The lowest BCUT2D eigenvalue weighted by atomic mass is 10.2. The number of hydrogen-bond acceptors (Lipinski definition) is 6. The number of aromatic nitrogens is 1. The highest BCUT2D eigenvalue weighted by Crippen LogP contribution is 2.40. The molecule has 35 heavy (non-hydrogen) atoms. The number of anilines is 1. The van der Waals surface area contributed by atoms with Gasteiger partial charge in [0, 0.05) is 35.7 Å². The van der Waals surface area contributed by atoms with E-state index in [1.165, 1.54) is 16.4 Å². The zero-order valence-electron chi connectivity index (χ0n) is 18.9. The Balaban J connectivity index is 1.70. The fourth-order valence-electron chi connectivity index (χ4n) is 3.73. The number of halogens is 1. The first-order chi connectivity index (χ1) is 16.7. The highest BCUT2D eigenvalue weighted by atomic mass is 35.5. The standard InChI is InChI=1S/C23H24ClN5O4S2/c1-3-8-29-20-7-6-17(35(31,32)28-9-11-33-12-10-28)14-18(20)21(22(29)30)26-27-23(34)25-16-5-4-15(2)19(24)13-16/h3-7,13-14,30H,1,8-12H2,2H3,(H,25,34). The number of aromatic hydroxyl groups is 1. The van der Waals surface area contributed by atoms with Gasteiger partial charge in [-0.15, -0.1) is 16.8 Å². The van der Waals surface area contributed by atoms with Gasteiger partial charge in [0.2, 0.25) is 21.0 Å². The topological polar surface area (TPSA) is 109 Å². The van der Waals surface area contributed by atoms with Crippen molar-refractivity contribution in [3.05, 3.63) is 59.6 Å². The van der Waals surface area contributed by atoms with Crippen molar-refractivity contribution in [1.82, 2.24) is 8.87 Å². The molecule has 1 aliphatic heterocycles. The first kappa shape index (κ1) is 25.3. The Morgan fingerprint density at radius 3 is 2.71 bits per heavy atom. The molecule has 3 aromatic rings. The zero-order chi connectivity index (χ0) is 25.2. The highest BCUT2D eigenvalue weighted by molar-refractivity contribution is 7.89. The second kappa shape index (κ2) is 10.4. The second-order valence-corrected chi connectivity index (χ2v) is 10.6. The van der Waals surface area contributed by atoms with Gasteiger partial charge in [0.25, 0.3) is 0 Å². The molecule has 0 radical (unpaired) electrons. The zero-order valence-corrected chi connectivity index (χ0v) is 21.3. The van der Waals surface area contributed by atoms with E-state index in [2.05, 4.69) is 22.1 Å². The molecule has 2 aromatic carbocycles. The van der Waals surface area contributed by atoms with Gasteiger partial charge in [-0.1, -0.05) is 23.7 Å². The molecule has 0 aliphatic carbocycles. The van der Waals surface area contributed by atoms with Gasteiger partial charge in [0.15, 0.2) is 5.69 Å². The van der Waals surface area contributed by atoms with Crippen LogP contribution in [0.3, 0.4) is 0 Å². The molecule has 1 aromatic heterocycles. The smallest absolute Gasteiger partial charge is 0.243 e. The third kappa shape index (κ3) is 5.24. The summed E-state index contributed by atoms with van der Waals surface area (Å²) < 4.78 is 34.6. The van der Waals surface area contributed by atoms with Crippen LogP contribution in [0.25, 0.3) is 10.9 Å². The van der Waals surface area contributed by atoms with E-state index in [0.29, 0.717) is 34.8 Å². The first-order valence-corrected chi connectivity index (χ1v) is 13.0. The predicted molar refractivity (Wildman–Crippen MR) is 140 cm³/mol. The molecular formula is C23H24ClN5O4S2. The van der Waals surface area contributed by atoms with E-state index < -0.39 is 10.0 Å². The summed E-state index contributed by atoms with van der Waals surface area (Å²) in [6.07, 6.45) is 1.62. The number of thiocarbonyl (C=S) groups is 1. The molecule has 1 aliphatic rings. The van der Waals surface area contributed by atoms with E-state index in [1.54, 1.807) is 28.8 Å². The maximum absolute atomic E-state index is 13.2. The number of nitrogens with zero attached hydrogens (tertiary/aromatic N) is 4. The molecule has 0 bridgehead atoms. The molecule has 2 N–H and O–H groups in total. The molecule has 0 saturated carbocycles. The van der Waals surface area contributed by atoms with Crippen LogP contribution in [0.4, 0.5) is 11.4 Å². The van der Waals surface area contributed by atoms with Crippen molar-refractivity contribution < 1.29 is 18.3 Å². The molecule has 0 unspecified atom stereocenters. The molecule has 9 nitrogen and oxygen atoms in total. The van der Waals surface area contributed by atoms with Crippen molar-refractivity contribution in [2.75, 3.05) is 31.6 Å². The third-order valence-electron chi connectivity index (χ3n) is 5.56. The van der Waals surface area contributed by atoms with Gasteiger partial charge in [-0.2, -0.15) is 4.31 Å². The molecule has 1 fully saturated rings. The summed E-state index contributed by atoms with van der Waals surface area (Å²) >= 11 is 11.4. The quantitative estimate of drug-likeness (QED) is 0.262. The predicted octanol–water partition coefficient (Wildman–Crippen LogP) is 5.00. The lowest BCUT2D eigenvalue weighted by Gasteiger charge is -2.26. The van der Waals surface area contributed by atoms with E-state index in [0.717, 1.165) is 5.56 Å². The van der Waals surface area contributed by atoms with Gasteiger partial charge in [-0.05, 0) is 55.0 Å². The molecule has 0 atom stereocenters. The van der Waals surface area contributed by atoms with Gasteiger partial charge in [0.1, 0.15) is 0 Å². The van der Waals surface area contributed by atoms with Crippen molar-refractivity contribution in [2.45, 2.75) is 18.4 Å². The van der Waals surface area contributed by atoms with Crippen LogP contribution in [0.5, 0.6) is 5.88 Å². The Morgan fingerprint density at radius 2 is 2.03 bits per heavy atom. The van der Waals surface area contributed by atoms with Crippen LogP contribution in [0, 0.1) is 6.92 Å². The van der Waals surface area contributed by atoms with E-state index in [9.17, 15) is 13.5 Å². The summed E-state index contributed by atoms with van der Waals surface area (Å²) in [7, 11) is -3.75. The van der Waals surface area contributed by atoms with E-state index in [4.69, 9.17) is 28.6 Å². The number of fused-ring (bicyclic) bond motifs is 1. The van der Waals surface area contributed by atoms with E-state index >= 15 is 0 Å². The number of allylic oxidation sites excluding steroid dienone is 1. The van der Waals surface area contributed by atoms with Gasteiger partial charge >= 0.3 is 0 Å². The third-order valence-corrected chi connectivity index (χ3v) is 8.05. The summed E-state index contributed by atoms with van der Waals surface area (Å²) in [5.41, 5.74) is 2.25. The normalized spacial score (nSPS) is 15.0. The molecule has 4 rings (SSSR count). The average molecular weight is 534 g/mol. The minimum Gasteiger partial charge on any atom is -0.493 e. The fourth-order valence-corrected chi connectivity index (χ4v) is 5.50. The van der Waals surface area contributed by atoms with Crippen LogP contribution < -0.4 is 5.32 Å². The number of morpholine rings is 1. The molecular weight excluding hydrogens is 510 g/mol. The Labute approximate surface area is 213 Å². The lowest BCUT2D eigenvalue weighted by Crippen LogP contribution is -2.40. The molecule has 0 spiro atoms. The number of hydrogen-bond donors (Lipinski definition) is 2. The van der Waals surface area contributed by atoms with E-state index in [1.807, 2.05) is 13.0 Å². The molecule has 2 heterocycles. The van der Waals surface area contributed by atoms with Crippen LogP contribution in [-0.2, 0) is 21.3 Å². The van der Waals surface area contributed by atoms with Crippen LogP contribution >= 0.6 is 23.8 Å². The summed E-state index contributed by atoms with van der Waals surface area (Å²) in [5, 5.41) is 23.0. The largest absolute Gasteiger partial charge is 0.493 e. The maximum atomic E-state index is 13.2. The number of sulfonamides is 1. The Bertz CT molecular complexity index is 1430. The summed E-state index contributed by atoms with van der Waals surface area (Å²) in [6, 6.07) is 10.0. The number of azo groups is 1. The SMILES string of the molecule is C=CCn1c(O)c(N=NC(=S)Nc2ccc(C)c(Cl)c2)c2cc(S(=O)(=O)N3CCOCC3)ccc21. The second-order valence-electron chi connectivity index (χ2n) is 7.86. The Kier molecular flexibility index (Phi) is 7.53. The Hall–Kier alpha value is -2.83. The summed E-state index contributed by atoms with van der Waals surface area (Å²) in [6.45, 7) is 7.14. The number of rotatable bonds is 6. The number of ether oxygens (including phenoxy) is 1. The molecule has 1 saturated heterocycles. The van der Waals surface area contributed by atoms with Crippen molar-refractivity contribution in [3.8, 4) is 5.88 Å². The summed E-state index contributed by atoms with van der Waals surface area (Å²) in [4.78, 5) is 0.0918. The van der Waals surface area contributed by atoms with Crippen LogP contribution in [0.2, 0.25) is 5.02 Å². The van der Waals surface area contributed by atoms with Crippen LogP contribution in [0.1, 0.15) is 5.56 Å². The van der Waals surface area contributed by atoms with E-state index in [-0.39, 0.29) is 41.2 Å². The Morgan fingerprint density at radius 1 is 1.29 bits per heavy atom. The minimum absolute atomic E-state index is 0.0473. The number of aryl methyl sites for hydroxylation is 1. The van der Waals surface area contributed by atoms with Crippen LogP contribution in [-0.4, -0.2) is 53.8 Å². The van der Waals surface area contributed by atoms with Crippen LogP contribution in [0.15, 0.2) is 64.2 Å². The van der Waals surface area contributed by atoms with Crippen molar-refractivity contribution in [1.29, 1.82) is 0 Å². The van der Waals surface area contributed by atoms with Gasteiger partial charge in [0.05, 0.1) is 23.6 Å². The van der Waals surface area contributed by atoms with Gasteiger partial charge < -0.3 is 19.7 Å². The molecule has 0 amide bonds. The van der Waals surface area contributed by atoms with Crippen molar-refractivity contribution >= 4 is 61.2 Å². The van der Waals surface area contributed by atoms with Crippen molar-refractivity contribution in [3.63, 3.8) is 0 Å². The number of nitrogens with one attached hydrogen (secondary N) is 1.